The third-order valence-corrected chi connectivity index (χ3v) is 2.65. The van der Waals surface area contributed by atoms with Crippen molar-refractivity contribution in [3.05, 3.63) is 58.4 Å². The van der Waals surface area contributed by atoms with Crippen LogP contribution in [0.4, 0.5) is 0 Å². The molecule has 2 aromatic rings. The highest BCUT2D eigenvalue weighted by Gasteiger charge is 2.17. The largest absolute Gasteiger partial charge is 0.467 e. The SMILES string of the molecule is CCN(Cc1ccco1)C(=O)c1c[nH]ccc1=O. The summed E-state index contributed by atoms with van der Waals surface area (Å²) >= 11 is 0. The first-order valence-corrected chi connectivity index (χ1v) is 5.71. The van der Waals surface area contributed by atoms with Crippen molar-refractivity contribution in [2.24, 2.45) is 0 Å². The third kappa shape index (κ3) is 2.51. The van der Waals surface area contributed by atoms with Gasteiger partial charge in [-0.3, -0.25) is 9.59 Å². The molecule has 0 aliphatic rings. The monoisotopic (exact) mass is 246 g/mol. The van der Waals surface area contributed by atoms with Gasteiger partial charge in [0.25, 0.3) is 5.91 Å². The van der Waals surface area contributed by atoms with Crippen molar-refractivity contribution < 1.29 is 9.21 Å². The molecular weight excluding hydrogens is 232 g/mol. The molecule has 0 aromatic carbocycles. The Morgan fingerprint density at radius 2 is 2.28 bits per heavy atom. The van der Waals surface area contributed by atoms with Gasteiger partial charge in [0, 0.05) is 25.0 Å². The Morgan fingerprint density at radius 1 is 1.44 bits per heavy atom. The normalized spacial score (nSPS) is 10.3. The molecule has 2 rings (SSSR count). The number of amides is 1. The van der Waals surface area contributed by atoms with Crippen molar-refractivity contribution in [2.75, 3.05) is 6.54 Å². The van der Waals surface area contributed by atoms with E-state index in [1.54, 1.807) is 23.3 Å². The van der Waals surface area contributed by atoms with Crippen LogP contribution in [0.1, 0.15) is 23.0 Å². The van der Waals surface area contributed by atoms with Gasteiger partial charge in [-0.05, 0) is 19.1 Å². The highest BCUT2D eigenvalue weighted by molar-refractivity contribution is 5.93. The van der Waals surface area contributed by atoms with Crippen LogP contribution in [0.5, 0.6) is 0 Å². The van der Waals surface area contributed by atoms with Gasteiger partial charge < -0.3 is 14.3 Å². The fourth-order valence-corrected chi connectivity index (χ4v) is 1.67. The Bertz CT molecular complexity index is 572. The lowest BCUT2D eigenvalue weighted by Gasteiger charge is -2.19. The summed E-state index contributed by atoms with van der Waals surface area (Å²) in [5, 5.41) is 0. The van der Waals surface area contributed by atoms with Gasteiger partial charge in [0.2, 0.25) is 0 Å². The van der Waals surface area contributed by atoms with E-state index in [-0.39, 0.29) is 16.9 Å². The number of nitrogens with one attached hydrogen (secondary N) is 1. The van der Waals surface area contributed by atoms with E-state index < -0.39 is 0 Å². The molecule has 0 aliphatic carbocycles. The molecule has 5 heteroatoms. The first kappa shape index (κ1) is 12.2. The van der Waals surface area contributed by atoms with Gasteiger partial charge in [-0.25, -0.2) is 0 Å². The standard InChI is InChI=1S/C13H14N2O3/c1-2-15(9-10-4-3-7-18-10)13(17)11-8-14-6-5-12(11)16/h3-8H,2,9H2,1H3,(H,14,16). The van der Waals surface area contributed by atoms with Gasteiger partial charge in [-0.2, -0.15) is 0 Å². The highest BCUT2D eigenvalue weighted by atomic mass is 16.3. The molecule has 0 atom stereocenters. The molecule has 0 spiro atoms. The molecule has 0 saturated carbocycles. The maximum Gasteiger partial charge on any atom is 0.259 e. The highest BCUT2D eigenvalue weighted by Crippen LogP contribution is 2.07. The maximum atomic E-state index is 12.2. The number of rotatable bonds is 4. The molecule has 1 N–H and O–H groups in total. The molecule has 0 radical (unpaired) electrons. The van der Waals surface area contributed by atoms with Crippen LogP contribution in [0.25, 0.3) is 0 Å². The molecule has 2 aromatic heterocycles. The minimum absolute atomic E-state index is 0.144. The summed E-state index contributed by atoms with van der Waals surface area (Å²) in [4.78, 5) is 28.1. The van der Waals surface area contributed by atoms with Crippen LogP contribution in [-0.2, 0) is 6.54 Å². The molecule has 18 heavy (non-hydrogen) atoms. The first-order valence-electron chi connectivity index (χ1n) is 5.71. The van der Waals surface area contributed by atoms with Crippen molar-refractivity contribution in [3.63, 3.8) is 0 Å². The van der Waals surface area contributed by atoms with Crippen LogP contribution >= 0.6 is 0 Å². The second-order valence-corrected chi connectivity index (χ2v) is 3.82. The number of furan rings is 1. The molecule has 0 saturated heterocycles. The van der Waals surface area contributed by atoms with Crippen LogP contribution in [0, 0.1) is 0 Å². The molecule has 0 fully saturated rings. The van der Waals surface area contributed by atoms with Gasteiger partial charge in [0.15, 0.2) is 5.43 Å². The summed E-state index contributed by atoms with van der Waals surface area (Å²) in [5.41, 5.74) is -0.137. The lowest BCUT2D eigenvalue weighted by Crippen LogP contribution is -2.33. The van der Waals surface area contributed by atoms with E-state index in [9.17, 15) is 9.59 Å². The zero-order valence-electron chi connectivity index (χ0n) is 10.1. The van der Waals surface area contributed by atoms with Gasteiger partial charge in [-0.1, -0.05) is 0 Å². The molecular formula is C13H14N2O3. The number of pyridine rings is 1. The van der Waals surface area contributed by atoms with Crippen molar-refractivity contribution in [1.29, 1.82) is 0 Å². The quantitative estimate of drug-likeness (QED) is 0.891. The predicted octanol–water partition coefficient (Wildman–Crippen LogP) is 1.63. The van der Waals surface area contributed by atoms with E-state index in [4.69, 9.17) is 4.42 Å². The molecule has 0 bridgehead atoms. The Morgan fingerprint density at radius 3 is 2.89 bits per heavy atom. The number of nitrogens with zero attached hydrogens (tertiary/aromatic N) is 1. The summed E-state index contributed by atoms with van der Waals surface area (Å²) in [6, 6.07) is 4.90. The minimum atomic E-state index is -0.296. The van der Waals surface area contributed by atoms with Crippen LogP contribution in [-0.4, -0.2) is 22.3 Å². The molecule has 0 unspecified atom stereocenters. The number of hydrogen-bond donors (Lipinski definition) is 1. The Kier molecular flexibility index (Phi) is 3.62. The molecule has 0 aliphatic heterocycles. The van der Waals surface area contributed by atoms with E-state index in [1.807, 2.05) is 6.92 Å². The lowest BCUT2D eigenvalue weighted by molar-refractivity contribution is 0.0739. The fraction of sp³-hybridized carbons (Fsp3) is 0.231. The van der Waals surface area contributed by atoms with E-state index in [1.165, 1.54) is 18.5 Å². The van der Waals surface area contributed by atoms with Crippen LogP contribution < -0.4 is 5.43 Å². The summed E-state index contributed by atoms with van der Waals surface area (Å²) in [6.45, 7) is 2.72. The Balaban J connectivity index is 2.21. The second-order valence-electron chi connectivity index (χ2n) is 3.82. The summed E-state index contributed by atoms with van der Waals surface area (Å²) in [7, 11) is 0. The number of hydrogen-bond acceptors (Lipinski definition) is 3. The summed E-state index contributed by atoms with van der Waals surface area (Å²) in [6.07, 6.45) is 4.49. The zero-order chi connectivity index (χ0) is 13.0. The molecule has 5 nitrogen and oxygen atoms in total. The Hall–Kier alpha value is -2.30. The molecule has 2 heterocycles. The van der Waals surface area contributed by atoms with Crippen LogP contribution in [0.2, 0.25) is 0 Å². The van der Waals surface area contributed by atoms with Crippen LogP contribution in [0.15, 0.2) is 46.1 Å². The third-order valence-electron chi connectivity index (χ3n) is 2.65. The van der Waals surface area contributed by atoms with Crippen LogP contribution in [0.3, 0.4) is 0 Å². The Labute approximate surface area is 104 Å². The molecule has 1 amide bonds. The van der Waals surface area contributed by atoms with E-state index >= 15 is 0 Å². The van der Waals surface area contributed by atoms with E-state index in [2.05, 4.69) is 4.98 Å². The van der Waals surface area contributed by atoms with Gasteiger partial charge in [0.1, 0.15) is 11.3 Å². The topological polar surface area (TPSA) is 66.3 Å². The van der Waals surface area contributed by atoms with Gasteiger partial charge in [-0.15, -0.1) is 0 Å². The summed E-state index contributed by atoms with van der Waals surface area (Å²) in [5.74, 6) is 0.397. The van der Waals surface area contributed by atoms with Crippen molar-refractivity contribution in [3.8, 4) is 0 Å². The summed E-state index contributed by atoms with van der Waals surface area (Å²) < 4.78 is 5.20. The van der Waals surface area contributed by atoms with Crippen molar-refractivity contribution >= 4 is 5.91 Å². The van der Waals surface area contributed by atoms with Gasteiger partial charge in [0.05, 0.1) is 12.8 Å². The fourth-order valence-electron chi connectivity index (χ4n) is 1.67. The van der Waals surface area contributed by atoms with E-state index in [0.717, 1.165) is 0 Å². The number of aromatic amines is 1. The number of carbonyl (C=O) groups is 1. The predicted molar refractivity (Wildman–Crippen MR) is 66.2 cm³/mol. The number of H-pyrrole nitrogens is 1. The van der Waals surface area contributed by atoms with E-state index in [0.29, 0.717) is 18.8 Å². The smallest absolute Gasteiger partial charge is 0.259 e. The maximum absolute atomic E-state index is 12.2. The lowest BCUT2D eigenvalue weighted by atomic mass is 10.2. The minimum Gasteiger partial charge on any atom is -0.467 e. The second kappa shape index (κ2) is 5.35. The first-order chi connectivity index (χ1) is 8.72. The number of aromatic nitrogens is 1. The zero-order valence-corrected chi connectivity index (χ0v) is 10.1. The van der Waals surface area contributed by atoms with Crippen molar-refractivity contribution in [1.82, 2.24) is 9.88 Å². The molecule has 94 valence electrons. The van der Waals surface area contributed by atoms with Gasteiger partial charge >= 0.3 is 0 Å². The average Bonchev–Trinajstić information content (AvgIpc) is 2.88. The van der Waals surface area contributed by atoms with Crippen molar-refractivity contribution in [2.45, 2.75) is 13.5 Å². The average molecular weight is 246 g/mol. The number of carbonyl (C=O) groups excluding carboxylic acids is 1.